The molecule has 0 atom stereocenters. The lowest BCUT2D eigenvalue weighted by Crippen LogP contribution is -3.61. The van der Waals surface area contributed by atoms with Crippen LogP contribution in [0.25, 0.3) is 0 Å². The van der Waals surface area contributed by atoms with Crippen LogP contribution < -0.4 is 21.2 Å². The van der Waals surface area contributed by atoms with Gasteiger partial charge in [0.1, 0.15) is 0 Å². The maximum atomic E-state index is 10.1. The zero-order valence-corrected chi connectivity index (χ0v) is 16.7. The Balaban J connectivity index is -0.000000352. The van der Waals surface area contributed by atoms with Gasteiger partial charge in [-0.25, -0.2) is 0 Å². The largest absolute Gasteiger partial charge is 0.674 e. The van der Waals surface area contributed by atoms with Crippen LogP contribution in [0.5, 0.6) is 0 Å². The van der Waals surface area contributed by atoms with Gasteiger partial charge in [-0.05, 0) is 24.3 Å². The second-order valence-electron chi connectivity index (χ2n) is 3.93. The summed E-state index contributed by atoms with van der Waals surface area (Å²) in [5, 5.41) is 55.6. The van der Waals surface area contributed by atoms with Crippen molar-refractivity contribution in [1.82, 2.24) is 0 Å². The molecule has 0 fully saturated rings. The summed E-state index contributed by atoms with van der Waals surface area (Å²) in [6.45, 7) is 0. The van der Waals surface area contributed by atoms with Gasteiger partial charge in [0.15, 0.2) is 7.14 Å². The van der Waals surface area contributed by atoms with E-state index in [0.717, 1.165) is 0 Å². The van der Waals surface area contributed by atoms with Crippen molar-refractivity contribution in [3.63, 3.8) is 0 Å². The number of halogens is 5. The minimum atomic E-state index is -2.67. The summed E-state index contributed by atoms with van der Waals surface area (Å²) >= 11 is 0.0287. The summed E-state index contributed by atoms with van der Waals surface area (Å²) in [7, 11) is -10.7. The molecule has 2 rings (SSSR count). The highest BCUT2D eigenvalue weighted by atomic mass is 127. The molecule has 17 heteroatoms. The molecule has 0 saturated heterocycles. The summed E-state index contributed by atoms with van der Waals surface area (Å²) in [6.07, 6.45) is 0. The van der Waals surface area contributed by atoms with Gasteiger partial charge in [0.05, 0.1) is 0 Å². The minimum Gasteiger partial charge on any atom is -0.398 e. The SMILES string of the molecule is OB(O)F.OB(O)F.OB(O)F.OB(O)F.c1ccc([I+]c2ccccc2)cc1. The van der Waals surface area contributed by atoms with Crippen molar-refractivity contribution in [2.24, 2.45) is 0 Å². The van der Waals surface area contributed by atoms with Gasteiger partial charge in [0, 0.05) is 0 Å². The van der Waals surface area contributed by atoms with E-state index < -0.39 is 29.6 Å². The number of rotatable bonds is 2. The van der Waals surface area contributed by atoms with E-state index in [1.165, 1.54) is 7.14 Å². The first-order valence-electron chi connectivity index (χ1n) is 7.14. The minimum absolute atomic E-state index is 0.0287. The Kier molecular flexibility index (Phi) is 25.9. The lowest BCUT2D eigenvalue weighted by molar-refractivity contribution is -0.597. The molecule has 0 heterocycles. The molecule has 0 bridgehead atoms. The van der Waals surface area contributed by atoms with Crippen molar-refractivity contribution in [1.29, 1.82) is 0 Å². The smallest absolute Gasteiger partial charge is 0.398 e. The van der Waals surface area contributed by atoms with Crippen molar-refractivity contribution in [3.8, 4) is 0 Å². The third-order valence-electron chi connectivity index (χ3n) is 1.68. The van der Waals surface area contributed by atoms with E-state index in [9.17, 15) is 17.3 Å². The number of hydrogen-bond donors (Lipinski definition) is 8. The molecule has 0 aliphatic carbocycles. The highest BCUT2D eigenvalue weighted by Crippen LogP contribution is 1.85. The van der Waals surface area contributed by atoms with Gasteiger partial charge in [-0.1, -0.05) is 36.4 Å². The van der Waals surface area contributed by atoms with E-state index >= 15 is 0 Å². The highest BCUT2D eigenvalue weighted by Gasteiger charge is 2.12. The lowest BCUT2D eigenvalue weighted by Gasteiger charge is -1.84. The topological polar surface area (TPSA) is 162 Å². The van der Waals surface area contributed by atoms with Crippen LogP contribution in [0, 0.1) is 7.14 Å². The molecule has 0 amide bonds. The average Bonchev–Trinajstić information content (AvgIpc) is 2.54. The van der Waals surface area contributed by atoms with Gasteiger partial charge in [-0.3, -0.25) is 17.3 Å². The van der Waals surface area contributed by atoms with E-state index in [0.29, 0.717) is 0 Å². The first kappa shape index (κ1) is 32.5. The molecular formula is C12H18B4F4IO8+. The lowest BCUT2D eigenvalue weighted by atomic mass is 10.3. The maximum Gasteiger partial charge on any atom is 0.674 e. The maximum absolute atomic E-state index is 10.1. The highest BCUT2D eigenvalue weighted by molar-refractivity contribution is 6.32. The van der Waals surface area contributed by atoms with Crippen LogP contribution in [-0.2, 0) is 0 Å². The van der Waals surface area contributed by atoms with Crippen LogP contribution in [0.1, 0.15) is 0 Å². The van der Waals surface area contributed by atoms with Gasteiger partial charge in [0.2, 0.25) is 0 Å². The fourth-order valence-corrected chi connectivity index (χ4v) is 3.35. The fourth-order valence-electron chi connectivity index (χ4n) is 1.08. The van der Waals surface area contributed by atoms with E-state index in [-0.39, 0.29) is 21.2 Å². The Labute approximate surface area is 176 Å². The Morgan fingerprint density at radius 1 is 0.448 bits per heavy atom. The summed E-state index contributed by atoms with van der Waals surface area (Å²) in [5.74, 6) is 0. The van der Waals surface area contributed by atoms with E-state index in [2.05, 4.69) is 60.7 Å². The predicted molar refractivity (Wildman–Crippen MR) is 95.5 cm³/mol. The summed E-state index contributed by atoms with van der Waals surface area (Å²) < 4.78 is 43.4. The van der Waals surface area contributed by atoms with Crippen molar-refractivity contribution in [2.75, 3.05) is 0 Å². The second kappa shape index (κ2) is 23.1. The third-order valence-corrected chi connectivity index (χ3v) is 4.37. The van der Waals surface area contributed by atoms with Crippen molar-refractivity contribution < 1.29 is 78.7 Å². The second-order valence-corrected chi connectivity index (χ2v) is 6.96. The molecule has 0 radical (unpaired) electrons. The predicted octanol–water partition coefficient (Wildman–Crippen LogP) is -4.48. The standard InChI is InChI=1S/C12H10I.4BFH2O2/c1-3-7-11(8-4-1)13-12-9-5-2-6-10-12;4*2-1(3)4/h1-10H;4*3-4H/q+1;;;;. The molecule has 2 aromatic rings. The van der Waals surface area contributed by atoms with Crippen LogP contribution in [0.2, 0.25) is 0 Å². The van der Waals surface area contributed by atoms with E-state index in [1.807, 2.05) is 0 Å². The quantitative estimate of drug-likeness (QED) is 0.108. The summed E-state index contributed by atoms with van der Waals surface area (Å²) in [5.41, 5.74) is 0. The van der Waals surface area contributed by atoms with Crippen LogP contribution in [0.4, 0.5) is 17.3 Å². The van der Waals surface area contributed by atoms with Crippen LogP contribution in [0.3, 0.4) is 0 Å². The molecule has 160 valence electrons. The molecule has 0 aliphatic rings. The normalized spacial score (nSPS) is 8.14. The van der Waals surface area contributed by atoms with E-state index in [4.69, 9.17) is 40.2 Å². The molecule has 8 N–H and O–H groups in total. The number of benzene rings is 2. The summed E-state index contributed by atoms with van der Waals surface area (Å²) in [4.78, 5) is 0. The Bertz CT molecular complexity index is 492. The van der Waals surface area contributed by atoms with Crippen LogP contribution >= 0.6 is 0 Å². The molecular weight excluding hydrogens is 518 g/mol. The molecule has 2 aromatic carbocycles. The zero-order valence-electron chi connectivity index (χ0n) is 14.6. The van der Waals surface area contributed by atoms with Gasteiger partial charge < -0.3 is 40.2 Å². The fraction of sp³-hybridized carbons (Fsp3) is 0. The molecule has 0 aliphatic heterocycles. The van der Waals surface area contributed by atoms with Crippen molar-refractivity contribution in [2.45, 2.75) is 0 Å². The first-order valence-corrected chi connectivity index (χ1v) is 9.30. The Hall–Kier alpha value is -1.17. The van der Waals surface area contributed by atoms with Crippen molar-refractivity contribution >= 4 is 29.6 Å². The van der Waals surface area contributed by atoms with Crippen molar-refractivity contribution in [3.05, 3.63) is 67.8 Å². The Morgan fingerprint density at radius 3 is 0.793 bits per heavy atom. The molecule has 0 spiro atoms. The van der Waals surface area contributed by atoms with Gasteiger partial charge in [-0.15, -0.1) is 0 Å². The number of hydrogen-bond acceptors (Lipinski definition) is 8. The van der Waals surface area contributed by atoms with Crippen LogP contribution in [0.15, 0.2) is 60.7 Å². The van der Waals surface area contributed by atoms with E-state index in [1.54, 1.807) is 0 Å². The Morgan fingerprint density at radius 2 is 0.621 bits per heavy atom. The summed E-state index contributed by atoms with van der Waals surface area (Å²) in [6, 6.07) is 21.4. The first-order chi connectivity index (χ1) is 13.4. The van der Waals surface area contributed by atoms with Gasteiger partial charge >= 0.3 is 50.8 Å². The molecule has 0 saturated carbocycles. The average molecular weight is 536 g/mol. The zero-order chi connectivity index (χ0) is 23.2. The van der Waals surface area contributed by atoms with Crippen LogP contribution in [-0.4, -0.2) is 69.8 Å². The molecule has 29 heavy (non-hydrogen) atoms. The van der Waals surface area contributed by atoms with Gasteiger partial charge in [-0.2, -0.15) is 0 Å². The van der Waals surface area contributed by atoms with Gasteiger partial charge in [0.25, 0.3) is 0 Å². The molecule has 0 unspecified atom stereocenters. The third kappa shape index (κ3) is 46.7. The monoisotopic (exact) mass is 537 g/mol. The molecule has 0 aromatic heterocycles. The molecule has 8 nitrogen and oxygen atoms in total.